The van der Waals surface area contributed by atoms with Gasteiger partial charge < -0.3 is 4.57 Å². The van der Waals surface area contributed by atoms with Crippen molar-refractivity contribution in [3.8, 4) is 0 Å². The topological polar surface area (TPSA) is 30.7 Å². The monoisotopic (exact) mass is 233 g/mol. The fraction of sp³-hybridized carbons (Fsp3) is 0.714. The summed E-state index contributed by atoms with van der Waals surface area (Å²) < 4.78 is 2.34. The van der Waals surface area contributed by atoms with Crippen molar-refractivity contribution in [1.29, 1.82) is 0 Å². The van der Waals surface area contributed by atoms with E-state index in [4.69, 9.17) is 0 Å². The van der Waals surface area contributed by atoms with Crippen molar-refractivity contribution >= 4 is 0 Å². The molecule has 1 aromatic rings. The van der Waals surface area contributed by atoms with Crippen LogP contribution < -0.4 is 0 Å². The summed E-state index contributed by atoms with van der Waals surface area (Å²) in [5.74, 6) is 3.32. The fourth-order valence-electron chi connectivity index (χ4n) is 2.97. The Morgan fingerprint density at radius 1 is 1.29 bits per heavy atom. The third-order valence-electron chi connectivity index (χ3n) is 3.61. The summed E-state index contributed by atoms with van der Waals surface area (Å²) in [6.45, 7) is 12.9. The van der Waals surface area contributed by atoms with E-state index in [0.29, 0.717) is 12.0 Å². The van der Waals surface area contributed by atoms with Crippen LogP contribution in [-0.2, 0) is 0 Å². The van der Waals surface area contributed by atoms with Crippen LogP contribution in [0.5, 0.6) is 0 Å². The number of aromatic nitrogens is 3. The highest BCUT2D eigenvalue weighted by atomic mass is 15.3. The summed E-state index contributed by atoms with van der Waals surface area (Å²) in [4.78, 5) is 0. The van der Waals surface area contributed by atoms with E-state index in [2.05, 4.69) is 49.0 Å². The van der Waals surface area contributed by atoms with Crippen molar-refractivity contribution in [2.75, 3.05) is 0 Å². The van der Waals surface area contributed by atoms with Crippen molar-refractivity contribution in [2.24, 2.45) is 5.92 Å². The molecule has 0 radical (unpaired) electrons. The van der Waals surface area contributed by atoms with Crippen LogP contribution >= 0.6 is 0 Å². The molecule has 0 spiro atoms. The van der Waals surface area contributed by atoms with Gasteiger partial charge in [0.1, 0.15) is 11.6 Å². The first-order valence-electron chi connectivity index (χ1n) is 6.57. The van der Waals surface area contributed by atoms with Crippen molar-refractivity contribution in [1.82, 2.24) is 14.8 Å². The molecule has 1 aliphatic carbocycles. The van der Waals surface area contributed by atoms with Gasteiger partial charge in [0.25, 0.3) is 0 Å². The van der Waals surface area contributed by atoms with E-state index in [0.717, 1.165) is 24.0 Å². The summed E-state index contributed by atoms with van der Waals surface area (Å²) in [5, 5.41) is 8.57. The van der Waals surface area contributed by atoms with E-state index in [-0.39, 0.29) is 0 Å². The molecular formula is C14H23N3. The smallest absolute Gasteiger partial charge is 0.135 e. The lowest BCUT2D eigenvalue weighted by Gasteiger charge is -2.31. The highest BCUT2D eigenvalue weighted by Gasteiger charge is 2.26. The Balaban J connectivity index is 2.32. The summed E-state index contributed by atoms with van der Waals surface area (Å²) in [6, 6.07) is 0.513. The molecule has 1 aromatic heterocycles. The van der Waals surface area contributed by atoms with Crippen LogP contribution in [-0.4, -0.2) is 14.8 Å². The third kappa shape index (κ3) is 2.43. The lowest BCUT2D eigenvalue weighted by Crippen LogP contribution is -2.22. The first-order valence-corrected chi connectivity index (χ1v) is 6.57. The summed E-state index contributed by atoms with van der Waals surface area (Å²) in [5.41, 5.74) is 1.37. The lowest BCUT2D eigenvalue weighted by molar-refractivity contribution is 0.321. The van der Waals surface area contributed by atoms with Gasteiger partial charge in [-0.1, -0.05) is 32.9 Å². The van der Waals surface area contributed by atoms with Crippen LogP contribution in [0.2, 0.25) is 0 Å². The second-order valence-corrected chi connectivity index (χ2v) is 5.78. The average Bonchev–Trinajstić information content (AvgIpc) is 2.58. The van der Waals surface area contributed by atoms with E-state index in [9.17, 15) is 0 Å². The van der Waals surface area contributed by atoms with Gasteiger partial charge in [-0.2, -0.15) is 0 Å². The zero-order valence-corrected chi connectivity index (χ0v) is 11.4. The molecular weight excluding hydrogens is 210 g/mol. The number of hydrogen-bond donors (Lipinski definition) is 0. The van der Waals surface area contributed by atoms with Gasteiger partial charge in [0.05, 0.1) is 0 Å². The molecule has 1 fully saturated rings. The van der Waals surface area contributed by atoms with E-state index in [1.807, 2.05) is 0 Å². The Labute approximate surface area is 104 Å². The average molecular weight is 233 g/mol. The fourth-order valence-corrected chi connectivity index (χ4v) is 2.97. The molecule has 0 N–H and O–H groups in total. The number of hydrogen-bond acceptors (Lipinski definition) is 2. The van der Waals surface area contributed by atoms with Crippen LogP contribution in [0.4, 0.5) is 0 Å². The van der Waals surface area contributed by atoms with E-state index in [1.165, 1.54) is 18.4 Å². The quantitative estimate of drug-likeness (QED) is 0.730. The molecule has 0 bridgehead atoms. The predicted octanol–water partition coefficient (Wildman–Crippen LogP) is 3.63. The number of nitrogens with zero attached hydrogens (tertiary/aromatic N) is 3. The summed E-state index contributed by atoms with van der Waals surface area (Å²) in [7, 11) is 0. The molecule has 3 heteroatoms. The maximum Gasteiger partial charge on any atom is 0.135 e. The van der Waals surface area contributed by atoms with Crippen LogP contribution in [0, 0.1) is 12.8 Å². The molecule has 94 valence electrons. The highest BCUT2D eigenvalue weighted by molar-refractivity contribution is 5.08. The second-order valence-electron chi connectivity index (χ2n) is 5.78. The molecule has 1 heterocycles. The number of aryl methyl sites for hydroxylation is 1. The van der Waals surface area contributed by atoms with Crippen LogP contribution in [0.25, 0.3) is 0 Å². The Bertz CT molecular complexity index is 417. The van der Waals surface area contributed by atoms with Crippen molar-refractivity contribution in [3.63, 3.8) is 0 Å². The lowest BCUT2D eigenvalue weighted by atomic mass is 9.84. The van der Waals surface area contributed by atoms with Crippen LogP contribution in [0.3, 0.4) is 0 Å². The third-order valence-corrected chi connectivity index (χ3v) is 3.61. The van der Waals surface area contributed by atoms with E-state index >= 15 is 0 Å². The van der Waals surface area contributed by atoms with Gasteiger partial charge in [-0.15, -0.1) is 10.2 Å². The maximum absolute atomic E-state index is 4.32. The van der Waals surface area contributed by atoms with Gasteiger partial charge in [-0.3, -0.25) is 0 Å². The zero-order valence-electron chi connectivity index (χ0n) is 11.4. The Kier molecular flexibility index (Phi) is 3.36. The minimum absolute atomic E-state index is 0.432. The van der Waals surface area contributed by atoms with Crippen molar-refractivity contribution in [2.45, 2.75) is 58.9 Å². The van der Waals surface area contributed by atoms with Crippen LogP contribution in [0.15, 0.2) is 12.2 Å². The first kappa shape index (κ1) is 12.3. The van der Waals surface area contributed by atoms with E-state index in [1.54, 1.807) is 0 Å². The molecule has 1 aliphatic rings. The molecule has 0 aliphatic heterocycles. The molecule has 17 heavy (non-hydrogen) atoms. The Hall–Kier alpha value is -1.12. The normalized spacial score (nSPS) is 25.6. The van der Waals surface area contributed by atoms with Gasteiger partial charge in [-0.25, -0.2) is 0 Å². The summed E-state index contributed by atoms with van der Waals surface area (Å²) >= 11 is 0. The molecule has 2 atom stereocenters. The van der Waals surface area contributed by atoms with Gasteiger partial charge in [0.2, 0.25) is 0 Å². The maximum atomic E-state index is 4.32. The van der Waals surface area contributed by atoms with Crippen molar-refractivity contribution < 1.29 is 0 Å². The minimum Gasteiger partial charge on any atom is -0.312 e. The van der Waals surface area contributed by atoms with Gasteiger partial charge in [0, 0.05) is 12.0 Å². The number of rotatable bonds is 2. The van der Waals surface area contributed by atoms with Gasteiger partial charge in [0.15, 0.2) is 0 Å². The van der Waals surface area contributed by atoms with Crippen molar-refractivity contribution in [3.05, 3.63) is 23.8 Å². The minimum atomic E-state index is 0.432. The molecule has 0 aromatic carbocycles. The molecule has 0 amide bonds. The molecule has 2 rings (SSSR count). The second kappa shape index (κ2) is 4.63. The Morgan fingerprint density at radius 3 is 2.59 bits per heavy atom. The molecule has 0 saturated heterocycles. The summed E-state index contributed by atoms with van der Waals surface area (Å²) in [6.07, 6.45) is 3.48. The molecule has 1 saturated carbocycles. The first-order chi connectivity index (χ1) is 7.99. The van der Waals surface area contributed by atoms with Gasteiger partial charge in [-0.05, 0) is 32.1 Å². The molecule has 3 nitrogen and oxygen atoms in total. The van der Waals surface area contributed by atoms with Gasteiger partial charge >= 0.3 is 0 Å². The zero-order chi connectivity index (χ0) is 12.6. The number of allylic oxidation sites excluding steroid dienone is 1. The highest BCUT2D eigenvalue weighted by Crippen LogP contribution is 2.36. The predicted molar refractivity (Wildman–Crippen MR) is 70.0 cm³/mol. The molecule has 2 unspecified atom stereocenters. The standard InChI is InChI=1S/C14H23N3/c1-9(2)14-16-15-12(5)17(14)13-7-10(3)6-11(4)8-13/h9,11,13H,3,6-8H2,1-2,4-5H3. The Morgan fingerprint density at radius 2 is 2.00 bits per heavy atom. The van der Waals surface area contributed by atoms with E-state index < -0.39 is 0 Å². The van der Waals surface area contributed by atoms with Crippen LogP contribution in [0.1, 0.15) is 63.6 Å². The largest absolute Gasteiger partial charge is 0.312 e. The SMILES string of the molecule is C=C1CC(C)CC(n2c(C)nnc2C(C)C)C1.